The first kappa shape index (κ1) is 15.3. The van der Waals surface area contributed by atoms with Gasteiger partial charge in [0, 0.05) is 13.1 Å². The highest BCUT2D eigenvalue weighted by Gasteiger charge is 2.33. The fraction of sp³-hybridized carbons (Fsp3) is 0.889. The molecule has 1 fully saturated rings. The first-order valence-electron chi connectivity index (χ1n) is 5.52. The average molecular weight is 282 g/mol. The Morgan fingerprint density at radius 1 is 1.44 bits per heavy atom. The molecule has 1 aliphatic rings. The highest BCUT2D eigenvalue weighted by molar-refractivity contribution is 7.87. The first-order valence-corrected chi connectivity index (χ1v) is 6.96. The number of ether oxygens (including phenoxy) is 1. The highest BCUT2D eigenvalue weighted by Crippen LogP contribution is 2.13. The van der Waals surface area contributed by atoms with E-state index in [4.69, 9.17) is 14.9 Å². The molecule has 9 heteroatoms. The van der Waals surface area contributed by atoms with Crippen LogP contribution in [0.15, 0.2) is 0 Å². The predicted molar refractivity (Wildman–Crippen MR) is 62.1 cm³/mol. The van der Waals surface area contributed by atoms with Gasteiger partial charge in [-0.25, -0.2) is 0 Å². The van der Waals surface area contributed by atoms with Gasteiger partial charge >= 0.3 is 5.97 Å². The van der Waals surface area contributed by atoms with Crippen molar-refractivity contribution < 1.29 is 28.2 Å². The standard InChI is InChI=1S/C9H18N2O6S/c1-6-3-11(4-7(2)17-6)18(15,16)10-8(5-12)9(13)14/h6-8,10,12H,3-5H2,1-2H3,(H,13,14). The Morgan fingerprint density at radius 2 is 1.94 bits per heavy atom. The molecule has 1 saturated heterocycles. The molecule has 0 radical (unpaired) electrons. The number of aliphatic hydroxyl groups excluding tert-OH is 1. The van der Waals surface area contributed by atoms with Crippen LogP contribution in [0.5, 0.6) is 0 Å². The maximum absolute atomic E-state index is 11.9. The Morgan fingerprint density at radius 3 is 2.33 bits per heavy atom. The van der Waals surface area contributed by atoms with Crippen LogP contribution < -0.4 is 4.72 Å². The molecular formula is C9H18N2O6S. The molecule has 1 aliphatic heterocycles. The van der Waals surface area contributed by atoms with E-state index in [1.165, 1.54) is 0 Å². The van der Waals surface area contributed by atoms with Crippen LogP contribution in [0.25, 0.3) is 0 Å². The van der Waals surface area contributed by atoms with Gasteiger partial charge in [0.2, 0.25) is 0 Å². The molecular weight excluding hydrogens is 264 g/mol. The molecule has 3 unspecified atom stereocenters. The normalized spacial score (nSPS) is 27.9. The molecule has 0 aromatic carbocycles. The molecule has 3 atom stereocenters. The molecule has 106 valence electrons. The number of carboxylic acid groups (broad SMARTS) is 1. The van der Waals surface area contributed by atoms with Gasteiger partial charge in [0.25, 0.3) is 10.2 Å². The lowest BCUT2D eigenvalue weighted by atomic mass is 10.3. The van der Waals surface area contributed by atoms with Crippen molar-refractivity contribution in [2.45, 2.75) is 32.1 Å². The summed E-state index contributed by atoms with van der Waals surface area (Å²) >= 11 is 0. The molecule has 0 aromatic rings. The number of carbonyl (C=O) groups is 1. The van der Waals surface area contributed by atoms with Crippen molar-refractivity contribution in [3.63, 3.8) is 0 Å². The number of nitrogens with zero attached hydrogens (tertiary/aromatic N) is 1. The van der Waals surface area contributed by atoms with E-state index in [-0.39, 0.29) is 25.3 Å². The topological polar surface area (TPSA) is 116 Å². The summed E-state index contributed by atoms with van der Waals surface area (Å²) in [5.74, 6) is -1.42. The second kappa shape index (κ2) is 5.93. The fourth-order valence-electron chi connectivity index (χ4n) is 1.75. The van der Waals surface area contributed by atoms with E-state index in [2.05, 4.69) is 0 Å². The van der Waals surface area contributed by atoms with Gasteiger partial charge in [0.15, 0.2) is 0 Å². The fourth-order valence-corrected chi connectivity index (χ4v) is 3.24. The summed E-state index contributed by atoms with van der Waals surface area (Å²) in [5, 5.41) is 17.5. The number of hydrogen-bond donors (Lipinski definition) is 3. The maximum Gasteiger partial charge on any atom is 0.324 e. The van der Waals surface area contributed by atoms with Gasteiger partial charge in [-0.05, 0) is 13.8 Å². The van der Waals surface area contributed by atoms with Crippen LogP contribution in [0, 0.1) is 0 Å². The first-order chi connectivity index (χ1) is 8.26. The number of carboxylic acids is 1. The van der Waals surface area contributed by atoms with Gasteiger partial charge in [0.1, 0.15) is 6.04 Å². The van der Waals surface area contributed by atoms with E-state index < -0.39 is 28.8 Å². The largest absolute Gasteiger partial charge is 0.480 e. The number of aliphatic hydroxyl groups is 1. The van der Waals surface area contributed by atoms with Gasteiger partial charge < -0.3 is 14.9 Å². The number of hydrogen-bond acceptors (Lipinski definition) is 5. The predicted octanol–water partition coefficient (Wildman–Crippen LogP) is -1.62. The molecule has 0 spiro atoms. The molecule has 0 aromatic heterocycles. The van der Waals surface area contributed by atoms with Crippen LogP contribution in [0.1, 0.15) is 13.8 Å². The summed E-state index contributed by atoms with van der Waals surface area (Å²) in [6, 6.07) is -1.54. The molecule has 0 amide bonds. The van der Waals surface area contributed by atoms with Crippen LogP contribution in [0.2, 0.25) is 0 Å². The number of aliphatic carboxylic acids is 1. The van der Waals surface area contributed by atoms with Gasteiger partial charge in [-0.2, -0.15) is 17.4 Å². The van der Waals surface area contributed by atoms with Gasteiger partial charge in [-0.1, -0.05) is 0 Å². The lowest BCUT2D eigenvalue weighted by Crippen LogP contribution is -2.55. The van der Waals surface area contributed by atoms with Gasteiger partial charge in [-0.15, -0.1) is 0 Å². The molecule has 1 heterocycles. The SMILES string of the molecule is CC1CN(S(=O)(=O)NC(CO)C(=O)O)CC(C)O1. The zero-order chi connectivity index (χ0) is 13.9. The van der Waals surface area contributed by atoms with Gasteiger partial charge in [0.05, 0.1) is 18.8 Å². The summed E-state index contributed by atoms with van der Waals surface area (Å²) in [5.41, 5.74) is 0. The summed E-state index contributed by atoms with van der Waals surface area (Å²) in [4.78, 5) is 10.7. The molecule has 18 heavy (non-hydrogen) atoms. The Labute approximate surface area is 106 Å². The van der Waals surface area contributed by atoms with Crippen molar-refractivity contribution in [3.05, 3.63) is 0 Å². The van der Waals surface area contributed by atoms with E-state index in [1.54, 1.807) is 13.8 Å². The van der Waals surface area contributed by atoms with Crippen LogP contribution in [-0.2, 0) is 19.7 Å². The van der Waals surface area contributed by atoms with E-state index in [9.17, 15) is 13.2 Å². The second-order valence-corrected chi connectivity index (χ2v) is 5.97. The summed E-state index contributed by atoms with van der Waals surface area (Å²) < 4.78 is 32.3. The lowest BCUT2D eigenvalue weighted by Gasteiger charge is -2.34. The summed E-state index contributed by atoms with van der Waals surface area (Å²) in [7, 11) is -3.94. The molecule has 0 bridgehead atoms. The third kappa shape index (κ3) is 3.89. The van der Waals surface area contributed by atoms with Crippen molar-refractivity contribution in [1.29, 1.82) is 0 Å². The Hall–Kier alpha value is -0.740. The van der Waals surface area contributed by atoms with Crippen molar-refractivity contribution in [3.8, 4) is 0 Å². The minimum Gasteiger partial charge on any atom is -0.480 e. The molecule has 0 saturated carbocycles. The van der Waals surface area contributed by atoms with E-state index in [0.29, 0.717) is 0 Å². The van der Waals surface area contributed by atoms with E-state index >= 15 is 0 Å². The number of rotatable bonds is 5. The third-order valence-corrected chi connectivity index (χ3v) is 4.06. The van der Waals surface area contributed by atoms with Crippen LogP contribution in [0.3, 0.4) is 0 Å². The smallest absolute Gasteiger partial charge is 0.324 e. The van der Waals surface area contributed by atoms with E-state index in [1.807, 2.05) is 4.72 Å². The molecule has 3 N–H and O–H groups in total. The van der Waals surface area contributed by atoms with Crippen molar-refractivity contribution in [1.82, 2.24) is 9.03 Å². The maximum atomic E-state index is 11.9. The van der Waals surface area contributed by atoms with Crippen LogP contribution in [-0.4, -0.2) is 66.9 Å². The summed E-state index contributed by atoms with van der Waals surface area (Å²) in [6.07, 6.45) is -0.523. The Bertz CT molecular complexity index is 388. The number of nitrogens with one attached hydrogen (secondary N) is 1. The zero-order valence-corrected chi connectivity index (χ0v) is 11.1. The van der Waals surface area contributed by atoms with Crippen LogP contribution in [0.4, 0.5) is 0 Å². The van der Waals surface area contributed by atoms with Crippen molar-refractivity contribution >= 4 is 16.2 Å². The Balaban J connectivity index is 2.76. The zero-order valence-electron chi connectivity index (χ0n) is 10.2. The van der Waals surface area contributed by atoms with Crippen molar-refractivity contribution in [2.24, 2.45) is 0 Å². The molecule has 0 aliphatic carbocycles. The quantitative estimate of drug-likeness (QED) is 0.558. The molecule has 8 nitrogen and oxygen atoms in total. The number of morpholine rings is 1. The Kier molecular flexibility index (Phi) is 5.05. The monoisotopic (exact) mass is 282 g/mol. The minimum absolute atomic E-state index is 0.150. The second-order valence-electron chi connectivity index (χ2n) is 4.27. The average Bonchev–Trinajstić information content (AvgIpc) is 2.24. The van der Waals surface area contributed by atoms with Gasteiger partial charge in [-0.3, -0.25) is 4.79 Å². The van der Waals surface area contributed by atoms with Crippen molar-refractivity contribution in [2.75, 3.05) is 19.7 Å². The lowest BCUT2D eigenvalue weighted by molar-refractivity contribution is -0.139. The minimum atomic E-state index is -3.94. The molecule has 1 rings (SSSR count). The van der Waals surface area contributed by atoms with E-state index in [0.717, 1.165) is 4.31 Å². The summed E-state index contributed by atoms with van der Waals surface area (Å²) in [6.45, 7) is 2.97. The highest BCUT2D eigenvalue weighted by atomic mass is 32.2. The third-order valence-electron chi connectivity index (χ3n) is 2.50. The van der Waals surface area contributed by atoms with Crippen LogP contribution >= 0.6 is 0 Å².